The Hall–Kier alpha value is -2.02. The van der Waals surface area contributed by atoms with Gasteiger partial charge in [-0.3, -0.25) is 19.3 Å². The molecule has 23 heavy (non-hydrogen) atoms. The summed E-state index contributed by atoms with van der Waals surface area (Å²) in [5, 5.41) is 10.5. The van der Waals surface area contributed by atoms with Crippen LogP contribution in [-0.4, -0.2) is 38.9 Å². The predicted octanol–water partition coefficient (Wildman–Crippen LogP) is 2.35. The van der Waals surface area contributed by atoms with Gasteiger partial charge in [-0.1, -0.05) is 12.1 Å². The van der Waals surface area contributed by atoms with Gasteiger partial charge in [0, 0.05) is 0 Å². The molecule has 1 aliphatic heterocycles. The third-order valence-electron chi connectivity index (χ3n) is 3.83. The molecule has 0 bridgehead atoms. The summed E-state index contributed by atoms with van der Waals surface area (Å²) >= 11 is 1.06. The fourth-order valence-corrected chi connectivity index (χ4v) is 3.40. The van der Waals surface area contributed by atoms with Gasteiger partial charge in [-0.05, 0) is 39.8 Å². The molecule has 6 nitrogen and oxygen atoms in total. The summed E-state index contributed by atoms with van der Waals surface area (Å²) < 4.78 is 0. The molecule has 2 rings (SSSR count). The maximum Gasteiger partial charge on any atom is 0.316 e. The van der Waals surface area contributed by atoms with Crippen molar-refractivity contribution >= 4 is 40.9 Å². The van der Waals surface area contributed by atoms with Crippen LogP contribution in [0, 0.1) is 0 Å². The summed E-state index contributed by atoms with van der Waals surface area (Å²) in [6.07, 6.45) is 0. The Kier molecular flexibility index (Phi) is 4.70. The van der Waals surface area contributed by atoms with Crippen LogP contribution in [0.15, 0.2) is 24.3 Å². The lowest BCUT2D eigenvalue weighted by molar-refractivity contribution is -0.136. The molecule has 2 N–H and O–H groups in total. The molecule has 1 aromatic carbocycles. The number of carbonyl (C=O) groups excluding carboxylic acids is 2. The third kappa shape index (κ3) is 3.19. The molecule has 0 spiro atoms. The monoisotopic (exact) mass is 336 g/mol. The Labute approximate surface area is 139 Å². The molecule has 0 saturated heterocycles. The summed E-state index contributed by atoms with van der Waals surface area (Å²) in [6, 6.07) is 7.09. The maximum atomic E-state index is 12.9. The first kappa shape index (κ1) is 17.3. The van der Waals surface area contributed by atoms with Crippen LogP contribution in [0.4, 0.5) is 11.4 Å². The van der Waals surface area contributed by atoms with Crippen LogP contribution in [0.1, 0.15) is 27.7 Å². The van der Waals surface area contributed by atoms with Gasteiger partial charge in [-0.2, -0.15) is 0 Å². The van der Waals surface area contributed by atoms with Crippen LogP contribution >= 0.6 is 11.8 Å². The molecule has 1 aromatic rings. The fraction of sp³-hybridized carbons (Fsp3) is 0.438. The molecule has 0 fully saturated rings. The van der Waals surface area contributed by atoms with Crippen molar-refractivity contribution in [1.82, 2.24) is 0 Å². The molecule has 0 aliphatic carbocycles. The molecule has 0 radical (unpaired) electrons. The SMILES string of the molecule is C[C@H](S[C@H](C)C(=O)N1c2ccccc2NC(=O)C1(C)C)C(=O)O. The molecule has 0 unspecified atom stereocenters. The van der Waals surface area contributed by atoms with Crippen LogP contribution < -0.4 is 10.2 Å². The van der Waals surface area contributed by atoms with E-state index >= 15 is 0 Å². The normalized spacial score (nSPS) is 18.6. The van der Waals surface area contributed by atoms with Crippen LogP contribution in [0.3, 0.4) is 0 Å². The molecular formula is C16H20N2O4S. The standard InChI is InChI=1S/C16H20N2O4S/c1-9(23-10(2)14(20)21)13(19)18-12-8-6-5-7-11(12)17-15(22)16(18,3)4/h5-10H,1-4H3,(H,17,22)(H,20,21)/t9-,10+/m1/s1. The predicted molar refractivity (Wildman–Crippen MR) is 90.8 cm³/mol. The molecule has 7 heteroatoms. The van der Waals surface area contributed by atoms with Crippen molar-refractivity contribution < 1.29 is 19.5 Å². The van der Waals surface area contributed by atoms with E-state index in [0.29, 0.717) is 11.4 Å². The zero-order chi connectivity index (χ0) is 17.4. The highest BCUT2D eigenvalue weighted by Gasteiger charge is 2.45. The van der Waals surface area contributed by atoms with Gasteiger partial charge in [-0.15, -0.1) is 11.8 Å². The number of amides is 2. The first-order valence-electron chi connectivity index (χ1n) is 7.29. The lowest BCUT2D eigenvalue weighted by atomic mass is 9.96. The number of anilines is 2. The molecule has 0 aromatic heterocycles. The highest BCUT2D eigenvalue weighted by Crippen LogP contribution is 2.38. The van der Waals surface area contributed by atoms with E-state index in [-0.39, 0.29) is 11.8 Å². The Morgan fingerprint density at radius 2 is 1.83 bits per heavy atom. The second-order valence-corrected chi connectivity index (χ2v) is 7.65. The number of carbonyl (C=O) groups is 3. The summed E-state index contributed by atoms with van der Waals surface area (Å²) in [7, 11) is 0. The summed E-state index contributed by atoms with van der Waals surface area (Å²) in [4.78, 5) is 37.7. The number of carboxylic acid groups (broad SMARTS) is 1. The zero-order valence-electron chi connectivity index (χ0n) is 13.5. The molecule has 0 saturated carbocycles. The number of benzene rings is 1. The number of fused-ring (bicyclic) bond motifs is 1. The number of hydrogen-bond acceptors (Lipinski definition) is 4. The Morgan fingerprint density at radius 1 is 1.22 bits per heavy atom. The number of carboxylic acids is 1. The zero-order valence-corrected chi connectivity index (χ0v) is 14.3. The Bertz CT molecular complexity index is 659. The van der Waals surface area contributed by atoms with Crippen molar-refractivity contribution in [3.8, 4) is 0 Å². The van der Waals surface area contributed by atoms with Crippen LogP contribution in [0.25, 0.3) is 0 Å². The van der Waals surface area contributed by atoms with E-state index < -0.39 is 22.0 Å². The Morgan fingerprint density at radius 3 is 2.43 bits per heavy atom. The van der Waals surface area contributed by atoms with Crippen molar-refractivity contribution in [3.63, 3.8) is 0 Å². The smallest absolute Gasteiger partial charge is 0.316 e. The fourth-order valence-electron chi connectivity index (χ4n) is 2.45. The van der Waals surface area contributed by atoms with Gasteiger partial charge in [0.1, 0.15) is 10.8 Å². The number of thioether (sulfide) groups is 1. The van der Waals surface area contributed by atoms with Crippen LogP contribution in [0.5, 0.6) is 0 Å². The van der Waals surface area contributed by atoms with Gasteiger partial charge in [-0.25, -0.2) is 0 Å². The molecule has 2 amide bonds. The van der Waals surface area contributed by atoms with Crippen molar-refractivity contribution in [2.24, 2.45) is 0 Å². The summed E-state index contributed by atoms with van der Waals surface area (Å²) in [5.74, 6) is -1.52. The van der Waals surface area contributed by atoms with Crippen LogP contribution in [-0.2, 0) is 14.4 Å². The average Bonchev–Trinajstić information content (AvgIpc) is 2.47. The van der Waals surface area contributed by atoms with Gasteiger partial charge in [0.15, 0.2) is 0 Å². The minimum absolute atomic E-state index is 0.270. The number of aliphatic carboxylic acids is 1. The maximum absolute atomic E-state index is 12.9. The average molecular weight is 336 g/mol. The molecule has 1 heterocycles. The van der Waals surface area contributed by atoms with Crippen molar-refractivity contribution in [2.75, 3.05) is 10.2 Å². The van der Waals surface area contributed by atoms with E-state index in [9.17, 15) is 14.4 Å². The first-order valence-corrected chi connectivity index (χ1v) is 8.23. The lowest BCUT2D eigenvalue weighted by Crippen LogP contribution is -2.60. The first-order chi connectivity index (χ1) is 10.7. The molecular weight excluding hydrogens is 316 g/mol. The largest absolute Gasteiger partial charge is 0.480 e. The highest BCUT2D eigenvalue weighted by molar-refractivity contribution is 8.01. The van der Waals surface area contributed by atoms with E-state index in [1.54, 1.807) is 52.0 Å². The van der Waals surface area contributed by atoms with E-state index in [0.717, 1.165) is 11.8 Å². The lowest BCUT2D eigenvalue weighted by Gasteiger charge is -2.43. The van der Waals surface area contributed by atoms with Gasteiger partial charge in [0.2, 0.25) is 11.8 Å². The van der Waals surface area contributed by atoms with Gasteiger partial charge < -0.3 is 10.4 Å². The number of nitrogens with one attached hydrogen (secondary N) is 1. The minimum Gasteiger partial charge on any atom is -0.480 e. The van der Waals surface area contributed by atoms with Gasteiger partial charge >= 0.3 is 5.97 Å². The number of para-hydroxylation sites is 2. The van der Waals surface area contributed by atoms with E-state index in [4.69, 9.17) is 5.11 Å². The molecule has 2 atom stereocenters. The minimum atomic E-state index is -1.05. The molecule has 124 valence electrons. The van der Waals surface area contributed by atoms with Crippen molar-refractivity contribution in [2.45, 2.75) is 43.7 Å². The second kappa shape index (κ2) is 6.23. The van der Waals surface area contributed by atoms with E-state index in [1.807, 2.05) is 0 Å². The number of rotatable bonds is 4. The topological polar surface area (TPSA) is 86.7 Å². The van der Waals surface area contributed by atoms with E-state index in [2.05, 4.69) is 5.32 Å². The van der Waals surface area contributed by atoms with Gasteiger partial charge in [0.05, 0.1) is 16.6 Å². The van der Waals surface area contributed by atoms with E-state index in [1.165, 1.54) is 4.90 Å². The summed E-state index contributed by atoms with van der Waals surface area (Å²) in [6.45, 7) is 6.55. The quantitative estimate of drug-likeness (QED) is 0.881. The van der Waals surface area contributed by atoms with Crippen LogP contribution in [0.2, 0.25) is 0 Å². The summed E-state index contributed by atoms with van der Waals surface area (Å²) in [5.41, 5.74) is 0.151. The highest BCUT2D eigenvalue weighted by atomic mass is 32.2. The molecule has 1 aliphatic rings. The van der Waals surface area contributed by atoms with Gasteiger partial charge in [0.25, 0.3) is 0 Å². The third-order valence-corrected chi connectivity index (χ3v) is 5.05. The second-order valence-electron chi connectivity index (χ2n) is 5.96. The number of nitrogens with zero attached hydrogens (tertiary/aromatic N) is 1. The Balaban J connectivity index is 2.37. The van der Waals surface area contributed by atoms with Crippen molar-refractivity contribution in [1.29, 1.82) is 0 Å². The van der Waals surface area contributed by atoms with Crippen molar-refractivity contribution in [3.05, 3.63) is 24.3 Å². The number of hydrogen-bond donors (Lipinski definition) is 2.